The van der Waals surface area contributed by atoms with E-state index in [2.05, 4.69) is 4.98 Å². The largest absolute Gasteiger partial charge is 0.308 e. The minimum Gasteiger partial charge on any atom is -0.308 e. The van der Waals surface area contributed by atoms with E-state index in [-0.39, 0.29) is 0 Å². The molecule has 1 aromatic heterocycles. The first-order chi connectivity index (χ1) is 6.81. The molecule has 1 heterocycles. The van der Waals surface area contributed by atoms with Gasteiger partial charge in [-0.05, 0) is 30.2 Å². The van der Waals surface area contributed by atoms with Gasteiger partial charge in [-0.3, -0.25) is 0 Å². The second-order valence-corrected chi connectivity index (χ2v) is 3.16. The van der Waals surface area contributed by atoms with Gasteiger partial charge in [-0.25, -0.2) is 4.98 Å². The van der Waals surface area contributed by atoms with Gasteiger partial charge in [0.15, 0.2) is 0 Å². The predicted molar refractivity (Wildman–Crippen MR) is 56.2 cm³/mol. The summed E-state index contributed by atoms with van der Waals surface area (Å²) in [6.07, 6.45) is 6.79. The molecule has 0 bridgehead atoms. The highest BCUT2D eigenvalue weighted by Crippen LogP contribution is 2.14. The second-order valence-electron chi connectivity index (χ2n) is 3.16. The molecule has 0 aliphatic heterocycles. The van der Waals surface area contributed by atoms with E-state index in [1.165, 1.54) is 6.21 Å². The van der Waals surface area contributed by atoms with Crippen LogP contribution in [-0.2, 0) is 0 Å². The molecule has 0 saturated carbocycles. The number of benzene rings is 1. The number of hydrogen-bond acceptors (Lipinski definition) is 2. The Morgan fingerprint density at radius 2 is 2.29 bits per heavy atom. The number of rotatable bonds is 2. The lowest BCUT2D eigenvalue weighted by Crippen LogP contribution is -1.94. The van der Waals surface area contributed by atoms with E-state index in [0.717, 1.165) is 16.8 Å². The van der Waals surface area contributed by atoms with Crippen molar-refractivity contribution in [2.75, 3.05) is 0 Å². The van der Waals surface area contributed by atoms with Crippen LogP contribution in [0.5, 0.6) is 0 Å². The van der Waals surface area contributed by atoms with Crippen molar-refractivity contribution in [1.82, 2.24) is 9.55 Å². The van der Waals surface area contributed by atoms with Crippen molar-refractivity contribution < 1.29 is 0 Å². The summed E-state index contributed by atoms with van der Waals surface area (Å²) < 4.78 is 1.96. The maximum atomic E-state index is 7.14. The fraction of sp³-hybridized carbons (Fsp3) is 0.0909. The van der Waals surface area contributed by atoms with E-state index in [1.54, 1.807) is 12.5 Å². The normalized spacial score (nSPS) is 10.1. The van der Waals surface area contributed by atoms with Crippen LogP contribution in [0.15, 0.2) is 36.9 Å². The SMILES string of the molecule is Cc1cc(C=N)ccc1-n1ccnc1. The van der Waals surface area contributed by atoms with Gasteiger partial charge in [-0.1, -0.05) is 6.07 Å². The van der Waals surface area contributed by atoms with Crippen molar-refractivity contribution in [3.63, 3.8) is 0 Å². The smallest absolute Gasteiger partial charge is 0.0991 e. The van der Waals surface area contributed by atoms with Gasteiger partial charge in [0, 0.05) is 24.3 Å². The molecule has 0 atom stereocenters. The van der Waals surface area contributed by atoms with Crippen molar-refractivity contribution in [1.29, 1.82) is 5.41 Å². The standard InChI is InChI=1S/C11H11N3/c1-9-6-10(7-12)2-3-11(9)14-5-4-13-8-14/h2-8,12H,1H3. The summed E-state index contributed by atoms with van der Waals surface area (Å²) in [6.45, 7) is 2.03. The lowest BCUT2D eigenvalue weighted by atomic mass is 10.1. The fourth-order valence-corrected chi connectivity index (χ4v) is 1.46. The fourth-order valence-electron chi connectivity index (χ4n) is 1.46. The molecule has 2 rings (SSSR count). The van der Waals surface area contributed by atoms with Crippen molar-refractivity contribution in [3.8, 4) is 5.69 Å². The van der Waals surface area contributed by atoms with Crippen molar-refractivity contribution in [2.24, 2.45) is 0 Å². The number of nitrogens with one attached hydrogen (secondary N) is 1. The van der Waals surface area contributed by atoms with Gasteiger partial charge >= 0.3 is 0 Å². The van der Waals surface area contributed by atoms with Gasteiger partial charge in [-0.15, -0.1) is 0 Å². The second kappa shape index (κ2) is 3.46. The van der Waals surface area contributed by atoms with Gasteiger partial charge < -0.3 is 9.98 Å². The zero-order chi connectivity index (χ0) is 9.97. The lowest BCUT2D eigenvalue weighted by molar-refractivity contribution is 1.04. The molecule has 0 fully saturated rings. The van der Waals surface area contributed by atoms with Gasteiger partial charge in [-0.2, -0.15) is 0 Å². The highest BCUT2D eigenvalue weighted by Gasteiger charge is 2.00. The summed E-state index contributed by atoms with van der Waals surface area (Å²) in [7, 11) is 0. The maximum Gasteiger partial charge on any atom is 0.0991 e. The van der Waals surface area contributed by atoms with Crippen LogP contribution in [0.1, 0.15) is 11.1 Å². The Labute approximate surface area is 82.5 Å². The summed E-state index contributed by atoms with van der Waals surface area (Å²) in [5.74, 6) is 0. The molecule has 2 aromatic rings. The maximum absolute atomic E-state index is 7.14. The van der Waals surface area contributed by atoms with Gasteiger partial charge in [0.25, 0.3) is 0 Å². The first kappa shape index (κ1) is 8.69. The first-order valence-electron chi connectivity index (χ1n) is 4.41. The molecule has 0 unspecified atom stereocenters. The molecular formula is C11H11N3. The molecule has 14 heavy (non-hydrogen) atoms. The van der Waals surface area contributed by atoms with Gasteiger partial charge in [0.05, 0.1) is 6.33 Å². The van der Waals surface area contributed by atoms with Crippen LogP contribution in [-0.4, -0.2) is 15.8 Å². The van der Waals surface area contributed by atoms with Crippen LogP contribution in [0.4, 0.5) is 0 Å². The molecule has 0 aliphatic carbocycles. The summed E-state index contributed by atoms with van der Waals surface area (Å²) in [6, 6.07) is 5.91. The molecule has 1 N–H and O–H groups in total. The van der Waals surface area contributed by atoms with E-state index >= 15 is 0 Å². The van der Waals surface area contributed by atoms with Crippen molar-refractivity contribution >= 4 is 6.21 Å². The predicted octanol–water partition coefficient (Wildman–Crippen LogP) is 2.18. The third-order valence-electron chi connectivity index (χ3n) is 2.17. The molecule has 0 saturated heterocycles. The number of hydrogen-bond donors (Lipinski definition) is 1. The zero-order valence-electron chi connectivity index (χ0n) is 7.94. The molecule has 70 valence electrons. The average molecular weight is 185 g/mol. The Bertz CT molecular complexity index is 444. The minimum absolute atomic E-state index is 0.923. The minimum atomic E-state index is 0.923. The third kappa shape index (κ3) is 1.44. The summed E-state index contributed by atoms with van der Waals surface area (Å²) in [5, 5.41) is 7.14. The molecule has 0 aliphatic rings. The summed E-state index contributed by atoms with van der Waals surface area (Å²) in [4.78, 5) is 4.00. The quantitative estimate of drug-likeness (QED) is 0.716. The van der Waals surface area contributed by atoms with Crippen LogP contribution >= 0.6 is 0 Å². The third-order valence-corrected chi connectivity index (χ3v) is 2.17. The Morgan fingerprint density at radius 3 is 2.86 bits per heavy atom. The van der Waals surface area contributed by atoms with E-state index in [1.807, 2.05) is 35.9 Å². The Morgan fingerprint density at radius 1 is 1.43 bits per heavy atom. The molecular weight excluding hydrogens is 174 g/mol. The highest BCUT2D eigenvalue weighted by atomic mass is 15.0. The molecule has 0 amide bonds. The van der Waals surface area contributed by atoms with Crippen LogP contribution in [0.2, 0.25) is 0 Å². The Kier molecular flexibility index (Phi) is 2.14. The monoisotopic (exact) mass is 185 g/mol. The molecule has 0 spiro atoms. The number of imidazole rings is 1. The van der Waals surface area contributed by atoms with E-state index in [4.69, 9.17) is 5.41 Å². The number of nitrogens with zero attached hydrogens (tertiary/aromatic N) is 2. The van der Waals surface area contributed by atoms with E-state index in [9.17, 15) is 0 Å². The van der Waals surface area contributed by atoms with Crippen LogP contribution in [0.25, 0.3) is 5.69 Å². The van der Waals surface area contributed by atoms with E-state index in [0.29, 0.717) is 0 Å². The van der Waals surface area contributed by atoms with Crippen LogP contribution < -0.4 is 0 Å². The first-order valence-corrected chi connectivity index (χ1v) is 4.41. The van der Waals surface area contributed by atoms with Gasteiger partial charge in [0.2, 0.25) is 0 Å². The van der Waals surface area contributed by atoms with Crippen molar-refractivity contribution in [2.45, 2.75) is 6.92 Å². The van der Waals surface area contributed by atoms with Crippen LogP contribution in [0, 0.1) is 12.3 Å². The van der Waals surface area contributed by atoms with E-state index < -0.39 is 0 Å². The van der Waals surface area contributed by atoms with Gasteiger partial charge in [0.1, 0.15) is 0 Å². The summed E-state index contributed by atoms with van der Waals surface area (Å²) in [5.41, 5.74) is 3.17. The summed E-state index contributed by atoms with van der Waals surface area (Å²) >= 11 is 0. The van der Waals surface area contributed by atoms with Crippen molar-refractivity contribution in [3.05, 3.63) is 48.0 Å². The molecule has 3 nitrogen and oxygen atoms in total. The average Bonchev–Trinajstić information content (AvgIpc) is 2.70. The molecule has 0 radical (unpaired) electrons. The Hall–Kier alpha value is -1.90. The molecule has 1 aromatic carbocycles. The highest BCUT2D eigenvalue weighted by molar-refractivity contribution is 5.77. The Balaban J connectivity index is 2.51. The lowest BCUT2D eigenvalue weighted by Gasteiger charge is -2.06. The number of aromatic nitrogens is 2. The topological polar surface area (TPSA) is 41.7 Å². The van der Waals surface area contributed by atoms with Crippen LogP contribution in [0.3, 0.4) is 0 Å². The number of aryl methyl sites for hydroxylation is 1. The zero-order valence-corrected chi connectivity index (χ0v) is 7.94. The molecule has 3 heteroatoms.